The summed E-state index contributed by atoms with van der Waals surface area (Å²) in [5, 5.41) is 28.5. The third-order valence-electron chi connectivity index (χ3n) is 19.7. The predicted octanol–water partition coefficient (Wildman–Crippen LogP) is 37.6. The van der Waals surface area contributed by atoms with E-state index in [1.54, 1.807) is 0 Å². The van der Waals surface area contributed by atoms with Crippen molar-refractivity contribution < 1.29 is 15.0 Å². The predicted molar refractivity (Wildman–Crippen MR) is 519 cm³/mol. The van der Waals surface area contributed by atoms with Gasteiger partial charge >= 0.3 is 0 Å². The van der Waals surface area contributed by atoms with Crippen molar-refractivity contribution in [3.05, 3.63) is 134 Å². The van der Waals surface area contributed by atoms with Crippen molar-refractivity contribution in [2.45, 2.75) is 507 Å². The molecule has 0 saturated carbocycles. The van der Waals surface area contributed by atoms with Crippen molar-refractivity contribution in [1.82, 2.24) is 0 Å². The number of carbonyl (C=O) groups excluding carboxylic acids is 1. The minimum Gasteiger partial charge on any atom is -0.396 e. The van der Waals surface area contributed by atoms with Gasteiger partial charge in [0.05, 0.1) is 12.2 Å². The van der Waals surface area contributed by atoms with Gasteiger partial charge in [-0.15, -0.1) is 0 Å². The molecule has 0 aliphatic heterocycles. The number of aldehydes is 1. The van der Waals surface area contributed by atoms with E-state index in [9.17, 15) is 15.2 Å². The van der Waals surface area contributed by atoms with Crippen LogP contribution in [0.2, 0.25) is 0 Å². The first kappa shape index (κ1) is 122. The Morgan fingerprint density at radius 1 is 0.259 bits per heavy atom. The van der Waals surface area contributed by atoms with Crippen LogP contribution < -0.4 is 0 Å². The van der Waals surface area contributed by atoms with E-state index in [0.29, 0.717) is 0 Å². The molecular weight excluding hydrogens is 1430 g/mol. The zero-order valence-corrected chi connectivity index (χ0v) is 79.5. The largest absolute Gasteiger partial charge is 0.396 e. The quantitative estimate of drug-likeness (QED) is 0.0275. The highest BCUT2D eigenvalue weighted by molar-refractivity contribution is 9.09. The Morgan fingerprint density at radius 2 is 0.455 bits per heavy atom. The summed E-state index contributed by atoms with van der Waals surface area (Å²) in [5.74, 6) is 1.34. The van der Waals surface area contributed by atoms with Gasteiger partial charge < -0.3 is 15.0 Å². The van der Waals surface area contributed by atoms with E-state index in [4.69, 9.17) is 5.11 Å². The Morgan fingerprint density at radius 3 is 0.661 bits per heavy atom. The monoisotopic (exact) mass is 1630 g/mol. The summed E-state index contributed by atoms with van der Waals surface area (Å²) in [6.07, 6.45) is 130. The number of nitriles is 1. The molecule has 0 aromatic carbocycles. The van der Waals surface area contributed by atoms with Gasteiger partial charge in [-0.1, -0.05) is 387 Å². The number of hydrogen-bond donors (Lipinski definition) is 2. The zero-order valence-electron chi connectivity index (χ0n) is 77.9. The standard InChI is InChI=1S/C20H35N.C20H36O.C20H38.C19H36O.C10H20.C9H17Br.C9H18O/c2*1-3-5-7-9-11-13-15-17-20(19-21)18-16-14-12-10-8-6-4-2;1-4-6-8-10-12-14-16-18-20(3)19-17-15-13-11-9-7-5-2;1-3-5-7-9-11-13-15-17-19(20)18-16-14-12-10-8-6-4-2;1-3-5-7-9-10-8-6-4-2;2*1-2-3-4-5-6-7-8-9-10/h11-14,20H,3-10,15-18H2,1-2H3;11-14,19-20H,3-10,15-18H2,1-2H3;12-15,20H,4-11,16-19H2,1-3H3;11-14,19-20H,3-10,15-18H2,1-2H3;7,9H,3-6,8,10H2,1-2H3;6-7H,2-5,8-9H2,1H3;6-7,10H,2-5,8-9H2,1H3/b2*13-11-,14-12-;14-12-,15-13-;13-11-,14-12-;9-7-;2*7-6-. The van der Waals surface area contributed by atoms with E-state index in [-0.39, 0.29) is 24.5 Å². The molecule has 0 aromatic rings. The summed E-state index contributed by atoms with van der Waals surface area (Å²) < 4.78 is 0. The lowest BCUT2D eigenvalue weighted by Crippen LogP contribution is -2.04. The van der Waals surface area contributed by atoms with Gasteiger partial charge in [0.1, 0.15) is 6.29 Å². The number of hydrogen-bond acceptors (Lipinski definition) is 4. The van der Waals surface area contributed by atoms with Gasteiger partial charge in [-0.05, 0) is 269 Å². The number of halogens is 1. The second kappa shape index (κ2) is 126. The highest BCUT2D eigenvalue weighted by Gasteiger charge is 2.06. The van der Waals surface area contributed by atoms with Crippen molar-refractivity contribution >= 4 is 22.2 Å². The number of unbranched alkanes of at least 4 members (excludes halogenated alkanes) is 34. The SMILES string of the molecule is CCC/C=C\CCCCC.CCCCC/C=C\CCBr.CCCCC/C=C\CCC(C#N)CC/C=C\CCCCC.CCCCC/C=C\CCC(C)CC/C=C\CCCCC.CCCCC/C=C\CCC(C=O)CC/C=C\CCCCC.CCCCC/C=C\CCC(O)CC/C=C\CCCCC.CCCCC/C=C\CCO. The molecule has 112 heavy (non-hydrogen) atoms. The molecule has 2 N–H and O–H groups in total. The molecule has 0 aromatic heterocycles. The molecule has 0 aliphatic carbocycles. The highest BCUT2D eigenvalue weighted by atomic mass is 79.9. The number of aliphatic hydroxyl groups is 2. The van der Waals surface area contributed by atoms with Gasteiger partial charge in [0, 0.05) is 23.8 Å². The summed E-state index contributed by atoms with van der Waals surface area (Å²) in [4.78, 5) is 11.1. The van der Waals surface area contributed by atoms with Crippen molar-refractivity contribution in [3.8, 4) is 6.07 Å². The van der Waals surface area contributed by atoms with Crippen LogP contribution in [0.1, 0.15) is 501 Å². The fraction of sp³-hybridized carbons (Fsp3) is 0.776. The number of aliphatic hydroxyl groups excluding tert-OH is 2. The first-order valence-electron chi connectivity index (χ1n) is 48.9. The third kappa shape index (κ3) is 136. The highest BCUT2D eigenvalue weighted by Crippen LogP contribution is 2.18. The van der Waals surface area contributed by atoms with Crippen molar-refractivity contribution in [1.29, 1.82) is 5.26 Å². The number of allylic oxidation sites excluding steroid dienone is 21. The topological polar surface area (TPSA) is 81.3 Å². The van der Waals surface area contributed by atoms with Gasteiger partial charge in [0.15, 0.2) is 0 Å². The first-order valence-corrected chi connectivity index (χ1v) is 50.0. The number of nitrogens with zero attached hydrogens (tertiary/aromatic N) is 1. The maximum absolute atomic E-state index is 11.1. The minimum atomic E-state index is -0.129. The van der Waals surface area contributed by atoms with Crippen LogP contribution in [0.15, 0.2) is 134 Å². The molecule has 4 nitrogen and oxygen atoms in total. The first-order chi connectivity index (χ1) is 55.1. The molecule has 0 atom stereocenters. The molecule has 0 unspecified atom stereocenters. The molecule has 0 bridgehead atoms. The molecule has 0 fully saturated rings. The van der Waals surface area contributed by atoms with Gasteiger partial charge in [0.25, 0.3) is 0 Å². The molecule has 658 valence electrons. The van der Waals surface area contributed by atoms with Crippen LogP contribution in [0, 0.1) is 29.1 Å². The lowest BCUT2D eigenvalue weighted by atomic mass is 9.98. The fourth-order valence-electron chi connectivity index (χ4n) is 11.9. The Labute approximate surface area is 714 Å². The zero-order chi connectivity index (χ0) is 83.9. The van der Waals surface area contributed by atoms with Gasteiger partial charge in [-0.25, -0.2) is 0 Å². The maximum atomic E-state index is 11.1. The average Bonchev–Trinajstić information content (AvgIpc) is 1.09. The molecule has 0 rings (SSSR count). The van der Waals surface area contributed by atoms with Crippen molar-refractivity contribution in [2.75, 3.05) is 11.9 Å². The van der Waals surface area contributed by atoms with E-state index in [1.807, 2.05) is 0 Å². The molecule has 0 amide bonds. The molecule has 0 radical (unpaired) electrons. The van der Waals surface area contributed by atoms with Crippen LogP contribution in [0.25, 0.3) is 0 Å². The van der Waals surface area contributed by atoms with Crippen LogP contribution in [0.5, 0.6) is 0 Å². The number of rotatable bonds is 75. The molecule has 0 spiro atoms. The second-order valence-corrected chi connectivity index (χ2v) is 32.3. The number of carbonyl (C=O) groups is 1. The third-order valence-corrected chi connectivity index (χ3v) is 20.2. The molecule has 0 heterocycles. The smallest absolute Gasteiger partial charge is 0.123 e. The van der Waals surface area contributed by atoms with Gasteiger partial charge in [-0.2, -0.15) is 5.26 Å². The lowest BCUT2D eigenvalue weighted by Gasteiger charge is -2.07. The van der Waals surface area contributed by atoms with Crippen LogP contribution in [0.3, 0.4) is 0 Å². The molecule has 0 aliphatic rings. The van der Waals surface area contributed by atoms with Crippen molar-refractivity contribution in [2.24, 2.45) is 17.8 Å². The molecule has 0 saturated heterocycles. The molecular formula is C107H200BrNO3. The Hall–Kier alpha value is -3.30. The Kier molecular flexibility index (Phi) is 137. The molecule has 5 heteroatoms. The summed E-state index contributed by atoms with van der Waals surface area (Å²) >= 11 is 3.38. The van der Waals surface area contributed by atoms with Crippen LogP contribution >= 0.6 is 15.9 Å². The van der Waals surface area contributed by atoms with E-state index in [1.165, 1.54) is 327 Å². The van der Waals surface area contributed by atoms with Crippen LogP contribution in [-0.2, 0) is 4.79 Å². The second-order valence-electron chi connectivity index (χ2n) is 31.5. The average molecular weight is 1630 g/mol. The number of alkyl halides is 1. The maximum Gasteiger partial charge on any atom is 0.123 e. The van der Waals surface area contributed by atoms with Crippen LogP contribution in [-0.4, -0.2) is 34.5 Å². The Bertz CT molecular complexity index is 1810. The minimum absolute atomic E-state index is 0.129. The van der Waals surface area contributed by atoms with Gasteiger partial charge in [0.2, 0.25) is 0 Å². The van der Waals surface area contributed by atoms with Crippen molar-refractivity contribution in [3.63, 3.8) is 0 Å². The fourth-order valence-corrected chi connectivity index (χ4v) is 12.2. The van der Waals surface area contributed by atoms with Crippen LogP contribution in [0.4, 0.5) is 0 Å². The van der Waals surface area contributed by atoms with Gasteiger partial charge in [-0.3, -0.25) is 0 Å². The lowest BCUT2D eigenvalue weighted by molar-refractivity contribution is -0.111. The van der Waals surface area contributed by atoms with E-state index < -0.39 is 0 Å². The van der Waals surface area contributed by atoms with E-state index >= 15 is 0 Å². The normalized spacial score (nSPS) is 11.7. The summed E-state index contributed by atoms with van der Waals surface area (Å²) in [6.45, 7) is 29.5. The summed E-state index contributed by atoms with van der Waals surface area (Å²) in [6, 6.07) is 2.46. The summed E-state index contributed by atoms with van der Waals surface area (Å²) in [5.41, 5.74) is 0. The van der Waals surface area contributed by atoms with E-state index in [2.05, 4.69) is 246 Å². The van der Waals surface area contributed by atoms with E-state index in [0.717, 1.165) is 101 Å². The Balaban J connectivity index is -0.000000235. The summed E-state index contributed by atoms with van der Waals surface area (Å²) in [7, 11) is 0.